The van der Waals surface area contributed by atoms with E-state index in [1.165, 1.54) is 23.5 Å². The van der Waals surface area contributed by atoms with Gasteiger partial charge in [0.2, 0.25) is 0 Å². The Morgan fingerprint density at radius 3 is 2.55 bits per heavy atom. The lowest BCUT2D eigenvalue weighted by molar-refractivity contribution is 0.103. The van der Waals surface area contributed by atoms with Crippen molar-refractivity contribution in [1.29, 1.82) is 10.5 Å². The van der Waals surface area contributed by atoms with Crippen molar-refractivity contribution in [2.24, 2.45) is 0 Å². The quantitative estimate of drug-likeness (QED) is 0.918. The molecular weight excluding hydrogens is 294 g/mol. The third-order valence-corrected chi connectivity index (χ3v) is 4.32. The zero-order chi connectivity index (χ0) is 14.7. The smallest absolute Gasteiger partial charge is 0.267 e. The summed E-state index contributed by atoms with van der Waals surface area (Å²) in [4.78, 5) is 12.5. The fraction of sp³-hybridized carbons (Fsp3) is 0.0714. The summed E-state index contributed by atoms with van der Waals surface area (Å²) >= 11 is 7.29. The van der Waals surface area contributed by atoms with E-state index in [-0.39, 0.29) is 17.0 Å². The summed E-state index contributed by atoms with van der Waals surface area (Å²) in [5.41, 5.74) is 1.79. The molecule has 2 rings (SSSR count). The molecule has 0 saturated carbocycles. The molecule has 1 N–H and O–H groups in total. The van der Waals surface area contributed by atoms with E-state index in [0.717, 1.165) is 5.56 Å². The average Bonchev–Trinajstić information content (AvgIpc) is 2.79. The third kappa shape index (κ3) is 2.65. The number of amides is 1. The molecule has 98 valence electrons. The number of rotatable bonds is 2. The van der Waals surface area contributed by atoms with Crippen LogP contribution in [0.1, 0.15) is 26.4 Å². The standard InChI is InChI=1S/C14H8ClN3OS/c1-8-7-20-13(12(8)15)14(19)18-11-3-2-9(5-16)10(4-11)6-17/h2-4,7H,1H3,(H,18,19). The molecule has 1 heterocycles. The molecule has 20 heavy (non-hydrogen) atoms. The molecule has 1 amide bonds. The second-order valence-electron chi connectivity index (χ2n) is 4.00. The molecule has 6 heteroatoms. The number of carbonyl (C=O) groups is 1. The van der Waals surface area contributed by atoms with Gasteiger partial charge in [0.05, 0.1) is 16.1 Å². The number of aryl methyl sites for hydroxylation is 1. The van der Waals surface area contributed by atoms with Gasteiger partial charge >= 0.3 is 0 Å². The highest BCUT2D eigenvalue weighted by atomic mass is 35.5. The molecule has 0 aliphatic heterocycles. The van der Waals surface area contributed by atoms with E-state index >= 15 is 0 Å². The second kappa shape index (κ2) is 5.75. The Bertz CT molecular complexity index is 768. The summed E-state index contributed by atoms with van der Waals surface area (Å²) in [5, 5.41) is 22.7. The Kier molecular flexibility index (Phi) is 4.05. The summed E-state index contributed by atoms with van der Waals surface area (Å²) in [6.07, 6.45) is 0. The van der Waals surface area contributed by atoms with E-state index in [9.17, 15) is 4.79 Å². The van der Waals surface area contributed by atoms with Crippen molar-refractivity contribution in [3.05, 3.63) is 50.2 Å². The molecule has 1 aromatic heterocycles. The van der Waals surface area contributed by atoms with Gasteiger partial charge in [-0.25, -0.2) is 0 Å². The summed E-state index contributed by atoms with van der Waals surface area (Å²) in [6, 6.07) is 8.37. The molecular formula is C14H8ClN3OS. The summed E-state index contributed by atoms with van der Waals surface area (Å²) in [6.45, 7) is 1.82. The molecule has 2 aromatic rings. The SMILES string of the molecule is Cc1csc(C(=O)Nc2ccc(C#N)c(C#N)c2)c1Cl. The number of hydrogen-bond donors (Lipinski definition) is 1. The van der Waals surface area contributed by atoms with Crippen LogP contribution in [0, 0.1) is 29.6 Å². The van der Waals surface area contributed by atoms with Gasteiger partial charge < -0.3 is 5.32 Å². The Morgan fingerprint density at radius 2 is 2.00 bits per heavy atom. The van der Waals surface area contributed by atoms with Gasteiger partial charge in [0, 0.05) is 5.69 Å². The molecule has 0 unspecified atom stereocenters. The fourth-order valence-corrected chi connectivity index (χ4v) is 2.76. The zero-order valence-corrected chi connectivity index (χ0v) is 12.0. The van der Waals surface area contributed by atoms with Crippen molar-refractivity contribution in [2.45, 2.75) is 6.92 Å². The Labute approximate surface area is 124 Å². The molecule has 0 fully saturated rings. The van der Waals surface area contributed by atoms with Crippen LogP contribution in [-0.4, -0.2) is 5.91 Å². The van der Waals surface area contributed by atoms with E-state index in [4.69, 9.17) is 22.1 Å². The number of nitrogens with one attached hydrogen (secondary N) is 1. The molecule has 0 atom stereocenters. The van der Waals surface area contributed by atoms with Crippen molar-refractivity contribution in [2.75, 3.05) is 5.32 Å². The minimum atomic E-state index is -0.332. The highest BCUT2D eigenvalue weighted by Crippen LogP contribution is 2.28. The van der Waals surface area contributed by atoms with E-state index in [2.05, 4.69) is 5.32 Å². The number of hydrogen-bond acceptors (Lipinski definition) is 4. The largest absolute Gasteiger partial charge is 0.321 e. The lowest BCUT2D eigenvalue weighted by atomic mass is 10.1. The first kappa shape index (κ1) is 14.1. The van der Waals surface area contributed by atoms with Crippen LogP contribution in [-0.2, 0) is 0 Å². The normalized spacial score (nSPS) is 9.60. The number of carbonyl (C=O) groups excluding carboxylic acids is 1. The second-order valence-corrected chi connectivity index (χ2v) is 5.26. The van der Waals surface area contributed by atoms with E-state index < -0.39 is 0 Å². The Balaban J connectivity index is 2.27. The lowest BCUT2D eigenvalue weighted by Gasteiger charge is -2.05. The van der Waals surface area contributed by atoms with Gasteiger partial charge in [0.25, 0.3) is 5.91 Å². The minimum Gasteiger partial charge on any atom is -0.321 e. The highest BCUT2D eigenvalue weighted by molar-refractivity contribution is 7.13. The van der Waals surface area contributed by atoms with Crippen LogP contribution < -0.4 is 5.32 Å². The van der Waals surface area contributed by atoms with Crippen LogP contribution in [0.2, 0.25) is 5.02 Å². The molecule has 0 saturated heterocycles. The molecule has 0 radical (unpaired) electrons. The van der Waals surface area contributed by atoms with Gasteiger partial charge in [-0.3, -0.25) is 4.79 Å². The fourth-order valence-electron chi connectivity index (χ4n) is 1.58. The van der Waals surface area contributed by atoms with Gasteiger partial charge in [-0.2, -0.15) is 10.5 Å². The van der Waals surface area contributed by atoms with E-state index in [0.29, 0.717) is 15.6 Å². The van der Waals surface area contributed by atoms with Gasteiger partial charge in [-0.15, -0.1) is 11.3 Å². The number of benzene rings is 1. The Morgan fingerprint density at radius 1 is 1.30 bits per heavy atom. The zero-order valence-electron chi connectivity index (χ0n) is 10.4. The maximum atomic E-state index is 12.1. The summed E-state index contributed by atoms with van der Waals surface area (Å²) < 4.78 is 0. The maximum absolute atomic E-state index is 12.1. The summed E-state index contributed by atoms with van der Waals surface area (Å²) in [7, 11) is 0. The molecule has 0 aliphatic rings. The van der Waals surface area contributed by atoms with Crippen LogP contribution in [0.3, 0.4) is 0 Å². The predicted molar refractivity (Wildman–Crippen MR) is 77.9 cm³/mol. The lowest BCUT2D eigenvalue weighted by Crippen LogP contribution is -2.11. The first-order valence-corrected chi connectivity index (χ1v) is 6.81. The Hall–Kier alpha value is -2.34. The molecule has 1 aromatic carbocycles. The van der Waals surface area contributed by atoms with Gasteiger partial charge in [0.1, 0.15) is 17.0 Å². The van der Waals surface area contributed by atoms with Crippen molar-refractivity contribution in [1.82, 2.24) is 0 Å². The van der Waals surface area contributed by atoms with Gasteiger partial charge in [-0.05, 0) is 36.1 Å². The number of nitriles is 2. The van der Waals surface area contributed by atoms with Crippen LogP contribution in [0.15, 0.2) is 23.6 Å². The van der Waals surface area contributed by atoms with Crippen LogP contribution in [0.25, 0.3) is 0 Å². The number of anilines is 1. The number of nitrogens with zero attached hydrogens (tertiary/aromatic N) is 2. The van der Waals surface area contributed by atoms with Gasteiger partial charge in [0.15, 0.2) is 0 Å². The van der Waals surface area contributed by atoms with Crippen LogP contribution >= 0.6 is 22.9 Å². The van der Waals surface area contributed by atoms with Crippen molar-refractivity contribution in [3.63, 3.8) is 0 Å². The topological polar surface area (TPSA) is 76.7 Å². The monoisotopic (exact) mass is 301 g/mol. The van der Waals surface area contributed by atoms with Crippen molar-refractivity contribution >= 4 is 34.5 Å². The minimum absolute atomic E-state index is 0.221. The number of halogens is 1. The van der Waals surface area contributed by atoms with Gasteiger partial charge in [-0.1, -0.05) is 11.6 Å². The van der Waals surface area contributed by atoms with E-state index in [1.54, 1.807) is 11.4 Å². The molecule has 4 nitrogen and oxygen atoms in total. The van der Waals surface area contributed by atoms with Crippen molar-refractivity contribution < 1.29 is 4.79 Å². The average molecular weight is 302 g/mol. The van der Waals surface area contributed by atoms with Crippen LogP contribution in [0.4, 0.5) is 5.69 Å². The summed E-state index contributed by atoms with van der Waals surface area (Å²) in [5.74, 6) is -0.332. The predicted octanol–water partition coefficient (Wildman–Crippen LogP) is 3.71. The molecule has 0 bridgehead atoms. The first-order chi connectivity index (χ1) is 9.56. The maximum Gasteiger partial charge on any atom is 0.267 e. The number of thiophene rings is 1. The molecule has 0 aliphatic carbocycles. The molecule has 0 spiro atoms. The van der Waals surface area contributed by atoms with E-state index in [1.807, 2.05) is 19.1 Å². The highest BCUT2D eigenvalue weighted by Gasteiger charge is 2.15. The first-order valence-electron chi connectivity index (χ1n) is 5.56. The third-order valence-electron chi connectivity index (χ3n) is 2.62. The van der Waals surface area contributed by atoms with Crippen molar-refractivity contribution in [3.8, 4) is 12.1 Å². The van der Waals surface area contributed by atoms with Crippen LogP contribution in [0.5, 0.6) is 0 Å².